The van der Waals surface area contributed by atoms with Crippen LogP contribution in [-0.2, 0) is 10.0 Å². The number of benzene rings is 2. The smallest absolute Gasteiger partial charge is 0.244 e. The molecule has 0 aromatic heterocycles. The van der Waals surface area contributed by atoms with Crippen molar-refractivity contribution in [3.05, 3.63) is 48.5 Å². The molecule has 1 aliphatic heterocycles. The van der Waals surface area contributed by atoms with Crippen molar-refractivity contribution in [2.75, 3.05) is 24.8 Å². The summed E-state index contributed by atoms with van der Waals surface area (Å²) < 4.78 is 44.9. The molecule has 0 spiro atoms. The van der Waals surface area contributed by atoms with Crippen molar-refractivity contribution in [1.82, 2.24) is 4.72 Å². The van der Waals surface area contributed by atoms with Gasteiger partial charge in [-0.3, -0.25) is 0 Å². The Kier molecular flexibility index (Phi) is 4.00. The number of halogens is 1. The second-order valence-electron chi connectivity index (χ2n) is 4.80. The minimum Gasteiger partial charge on any atom is -0.457 e. The standard InChI is InChI=1S/C15H15FN2O3S/c16-8-9-18-11-17-22(19,20)15-10-13(6-7-14(15)18)21-12-4-2-1-3-5-12/h1-7,10,17H,8-9,11H2. The van der Waals surface area contributed by atoms with Crippen LogP contribution in [0.1, 0.15) is 0 Å². The molecule has 1 aliphatic rings. The third-order valence-electron chi connectivity index (χ3n) is 3.34. The zero-order chi connectivity index (χ0) is 15.6. The lowest BCUT2D eigenvalue weighted by molar-refractivity contribution is 0.475. The van der Waals surface area contributed by atoms with Crippen LogP contribution in [0.25, 0.3) is 0 Å². The second-order valence-corrected chi connectivity index (χ2v) is 6.54. The average Bonchev–Trinajstić information content (AvgIpc) is 2.52. The summed E-state index contributed by atoms with van der Waals surface area (Å²) in [5.41, 5.74) is 0.483. The van der Waals surface area contributed by atoms with E-state index in [1.54, 1.807) is 29.2 Å². The average molecular weight is 322 g/mol. The van der Waals surface area contributed by atoms with E-state index in [0.29, 0.717) is 17.2 Å². The number of hydrogen-bond donors (Lipinski definition) is 1. The minimum absolute atomic E-state index is 0.0676. The summed E-state index contributed by atoms with van der Waals surface area (Å²) in [5.74, 6) is 1.03. The highest BCUT2D eigenvalue weighted by Crippen LogP contribution is 2.33. The highest BCUT2D eigenvalue weighted by atomic mass is 32.2. The summed E-state index contributed by atoms with van der Waals surface area (Å²) in [6.45, 7) is -0.351. The van der Waals surface area contributed by atoms with Gasteiger partial charge >= 0.3 is 0 Å². The third kappa shape index (κ3) is 2.90. The van der Waals surface area contributed by atoms with E-state index in [1.165, 1.54) is 6.07 Å². The maximum Gasteiger partial charge on any atom is 0.244 e. The molecule has 22 heavy (non-hydrogen) atoms. The molecule has 2 aromatic carbocycles. The molecule has 1 heterocycles. The first kappa shape index (κ1) is 14.8. The van der Waals surface area contributed by atoms with E-state index in [9.17, 15) is 12.8 Å². The van der Waals surface area contributed by atoms with Crippen LogP contribution < -0.4 is 14.4 Å². The number of fused-ring (bicyclic) bond motifs is 1. The van der Waals surface area contributed by atoms with Gasteiger partial charge in [0.25, 0.3) is 0 Å². The molecule has 5 nitrogen and oxygen atoms in total. The van der Waals surface area contributed by atoms with Gasteiger partial charge in [-0.15, -0.1) is 0 Å². The first-order valence-electron chi connectivity index (χ1n) is 6.78. The Morgan fingerprint density at radius 2 is 1.91 bits per heavy atom. The summed E-state index contributed by atoms with van der Waals surface area (Å²) >= 11 is 0. The zero-order valence-corrected chi connectivity index (χ0v) is 12.5. The van der Waals surface area contributed by atoms with Crippen LogP contribution in [0.4, 0.5) is 10.1 Å². The molecule has 0 unspecified atom stereocenters. The zero-order valence-electron chi connectivity index (χ0n) is 11.7. The maximum atomic E-state index is 12.6. The van der Waals surface area contributed by atoms with Crippen molar-refractivity contribution < 1.29 is 17.5 Å². The van der Waals surface area contributed by atoms with Gasteiger partial charge in [0.2, 0.25) is 10.0 Å². The monoisotopic (exact) mass is 322 g/mol. The van der Waals surface area contributed by atoms with Gasteiger partial charge in [-0.1, -0.05) is 18.2 Å². The van der Waals surface area contributed by atoms with Crippen molar-refractivity contribution >= 4 is 15.7 Å². The Bertz CT molecular complexity index is 766. The number of alkyl halides is 1. The van der Waals surface area contributed by atoms with Gasteiger partial charge in [0.1, 0.15) is 23.1 Å². The molecule has 116 valence electrons. The van der Waals surface area contributed by atoms with Gasteiger partial charge in [-0.2, -0.15) is 4.72 Å². The number of nitrogens with one attached hydrogen (secondary N) is 1. The van der Waals surface area contributed by atoms with Gasteiger partial charge in [0.05, 0.1) is 12.4 Å². The first-order valence-corrected chi connectivity index (χ1v) is 8.26. The van der Waals surface area contributed by atoms with Crippen molar-refractivity contribution in [2.45, 2.75) is 4.90 Å². The summed E-state index contributed by atoms with van der Waals surface area (Å²) in [6, 6.07) is 13.9. The molecule has 0 saturated heterocycles. The fourth-order valence-electron chi connectivity index (χ4n) is 2.29. The van der Waals surface area contributed by atoms with E-state index >= 15 is 0 Å². The van der Waals surface area contributed by atoms with E-state index in [1.807, 2.05) is 18.2 Å². The van der Waals surface area contributed by atoms with Gasteiger partial charge < -0.3 is 9.64 Å². The molecule has 0 aliphatic carbocycles. The highest BCUT2D eigenvalue weighted by Gasteiger charge is 2.28. The quantitative estimate of drug-likeness (QED) is 0.939. The Morgan fingerprint density at radius 3 is 2.64 bits per heavy atom. The van der Waals surface area contributed by atoms with Crippen molar-refractivity contribution in [3.63, 3.8) is 0 Å². The number of ether oxygens (including phenoxy) is 1. The molecule has 1 N–H and O–H groups in total. The molecular formula is C15H15FN2O3S. The Hall–Kier alpha value is -2.12. The number of sulfonamides is 1. The van der Waals surface area contributed by atoms with Crippen LogP contribution in [-0.4, -0.2) is 28.3 Å². The molecule has 0 fully saturated rings. The Morgan fingerprint density at radius 1 is 1.14 bits per heavy atom. The van der Waals surface area contributed by atoms with Crippen molar-refractivity contribution in [2.24, 2.45) is 0 Å². The minimum atomic E-state index is -3.60. The number of anilines is 1. The summed E-state index contributed by atoms with van der Waals surface area (Å²) in [6.07, 6.45) is 0. The third-order valence-corrected chi connectivity index (χ3v) is 4.76. The molecule has 3 rings (SSSR count). The summed E-state index contributed by atoms with van der Waals surface area (Å²) in [7, 11) is -3.60. The highest BCUT2D eigenvalue weighted by molar-refractivity contribution is 7.89. The molecule has 2 aromatic rings. The van der Waals surface area contributed by atoms with Gasteiger partial charge in [-0.05, 0) is 24.3 Å². The van der Waals surface area contributed by atoms with E-state index < -0.39 is 16.7 Å². The van der Waals surface area contributed by atoms with Crippen molar-refractivity contribution in [1.29, 1.82) is 0 Å². The number of rotatable bonds is 4. The number of hydrogen-bond acceptors (Lipinski definition) is 4. The SMILES string of the molecule is O=S1(=O)NCN(CCF)c2ccc(Oc3ccccc3)cc21. The van der Waals surface area contributed by atoms with Crippen molar-refractivity contribution in [3.8, 4) is 11.5 Å². The van der Waals surface area contributed by atoms with E-state index in [2.05, 4.69) is 4.72 Å². The maximum absolute atomic E-state index is 12.6. The number of para-hydroxylation sites is 1. The Labute approximate surface area is 128 Å². The lowest BCUT2D eigenvalue weighted by Gasteiger charge is -2.30. The second kappa shape index (κ2) is 5.94. The van der Waals surface area contributed by atoms with Crippen LogP contribution in [0.5, 0.6) is 11.5 Å². The van der Waals surface area contributed by atoms with Crippen LogP contribution in [0.15, 0.2) is 53.4 Å². The van der Waals surface area contributed by atoms with E-state index in [0.717, 1.165) is 0 Å². The van der Waals surface area contributed by atoms with Gasteiger partial charge in [0, 0.05) is 12.6 Å². The van der Waals surface area contributed by atoms with Crippen LogP contribution in [0, 0.1) is 0 Å². The predicted molar refractivity (Wildman–Crippen MR) is 81.5 cm³/mol. The van der Waals surface area contributed by atoms with Crippen LogP contribution in [0.3, 0.4) is 0 Å². The Balaban J connectivity index is 1.97. The molecule has 0 saturated carbocycles. The summed E-state index contributed by atoms with van der Waals surface area (Å²) in [4.78, 5) is 1.74. The fraction of sp³-hybridized carbons (Fsp3) is 0.200. The molecule has 0 atom stereocenters. The lowest BCUT2D eigenvalue weighted by Crippen LogP contribution is -2.44. The summed E-state index contributed by atoms with van der Waals surface area (Å²) in [5, 5.41) is 0. The lowest BCUT2D eigenvalue weighted by atomic mass is 10.2. The van der Waals surface area contributed by atoms with E-state index in [4.69, 9.17) is 4.74 Å². The number of nitrogens with zero attached hydrogens (tertiary/aromatic N) is 1. The first-order chi connectivity index (χ1) is 10.6. The largest absolute Gasteiger partial charge is 0.457 e. The predicted octanol–water partition coefficient (Wildman–Crippen LogP) is 2.50. The van der Waals surface area contributed by atoms with Crippen LogP contribution in [0.2, 0.25) is 0 Å². The van der Waals surface area contributed by atoms with Gasteiger partial charge in [-0.25, -0.2) is 12.8 Å². The molecular weight excluding hydrogens is 307 g/mol. The van der Waals surface area contributed by atoms with Gasteiger partial charge in [0.15, 0.2) is 0 Å². The topological polar surface area (TPSA) is 58.6 Å². The fourth-order valence-corrected chi connectivity index (χ4v) is 3.51. The van der Waals surface area contributed by atoms with Crippen LogP contribution >= 0.6 is 0 Å². The van der Waals surface area contributed by atoms with E-state index in [-0.39, 0.29) is 18.1 Å². The molecule has 0 bridgehead atoms. The molecule has 0 radical (unpaired) electrons. The molecule has 7 heteroatoms. The normalized spacial score (nSPS) is 16.1. The molecule has 0 amide bonds.